The number of alkyl halides is 5. The van der Waals surface area contributed by atoms with Gasteiger partial charge in [-0.25, -0.2) is 0 Å². The van der Waals surface area contributed by atoms with Crippen LogP contribution in [0.15, 0.2) is 18.2 Å². The first kappa shape index (κ1) is 14.2. The van der Waals surface area contributed by atoms with Gasteiger partial charge in [-0.15, -0.1) is 0 Å². The molecule has 0 heterocycles. The predicted octanol–water partition coefficient (Wildman–Crippen LogP) is 3.44. The van der Waals surface area contributed by atoms with E-state index in [9.17, 15) is 22.0 Å². The van der Waals surface area contributed by atoms with Crippen molar-refractivity contribution in [3.8, 4) is 11.8 Å². The van der Waals surface area contributed by atoms with Crippen molar-refractivity contribution in [2.75, 3.05) is 6.61 Å². The van der Waals surface area contributed by atoms with E-state index in [4.69, 9.17) is 5.26 Å². The maximum absolute atomic E-state index is 12.6. The summed E-state index contributed by atoms with van der Waals surface area (Å²) in [6.45, 7) is -0.342. The average molecular weight is 265 g/mol. The molecule has 1 rings (SSSR count). The molecule has 0 spiro atoms. The molecule has 2 nitrogen and oxygen atoms in total. The largest absolute Gasteiger partial charge is 0.487 e. The summed E-state index contributed by atoms with van der Waals surface area (Å²) >= 11 is 0. The SMILES string of the molecule is Cc1cc(C#N)ccc1OCC(F)(F)C(F)(F)F. The van der Waals surface area contributed by atoms with Gasteiger partial charge >= 0.3 is 12.1 Å². The van der Waals surface area contributed by atoms with Gasteiger partial charge in [-0.2, -0.15) is 27.2 Å². The van der Waals surface area contributed by atoms with Crippen molar-refractivity contribution in [1.29, 1.82) is 5.26 Å². The zero-order valence-electron chi connectivity index (χ0n) is 9.18. The summed E-state index contributed by atoms with van der Waals surface area (Å²) < 4.78 is 65.3. The van der Waals surface area contributed by atoms with Gasteiger partial charge in [-0.3, -0.25) is 0 Å². The number of aryl methyl sites for hydroxylation is 1. The Morgan fingerprint density at radius 2 is 1.83 bits per heavy atom. The van der Waals surface area contributed by atoms with E-state index in [1.165, 1.54) is 25.1 Å². The molecule has 0 fully saturated rings. The first-order valence-corrected chi connectivity index (χ1v) is 4.75. The molecule has 0 atom stereocenters. The molecular formula is C11H8F5NO. The Balaban J connectivity index is 2.79. The fraction of sp³-hybridized carbons (Fsp3) is 0.364. The number of nitrogens with zero attached hydrogens (tertiary/aromatic N) is 1. The highest BCUT2D eigenvalue weighted by molar-refractivity contribution is 5.41. The molecule has 18 heavy (non-hydrogen) atoms. The third kappa shape index (κ3) is 3.09. The maximum Gasteiger partial charge on any atom is 0.456 e. The van der Waals surface area contributed by atoms with Crippen molar-refractivity contribution >= 4 is 0 Å². The molecule has 0 unspecified atom stereocenters. The molecule has 0 amide bonds. The molecule has 7 heteroatoms. The molecule has 0 aromatic heterocycles. The van der Waals surface area contributed by atoms with E-state index in [0.717, 1.165) is 0 Å². The van der Waals surface area contributed by atoms with Gasteiger partial charge in [-0.1, -0.05) is 0 Å². The zero-order valence-corrected chi connectivity index (χ0v) is 9.18. The Labute approximate surface area is 99.6 Å². The van der Waals surface area contributed by atoms with E-state index < -0.39 is 18.7 Å². The Hall–Kier alpha value is -1.84. The number of hydrogen-bond acceptors (Lipinski definition) is 2. The predicted molar refractivity (Wildman–Crippen MR) is 52.4 cm³/mol. The number of ether oxygens (including phenoxy) is 1. The molecule has 1 aromatic carbocycles. The van der Waals surface area contributed by atoms with E-state index in [-0.39, 0.29) is 11.3 Å². The van der Waals surface area contributed by atoms with Crippen LogP contribution in [-0.4, -0.2) is 18.7 Å². The second-order valence-electron chi connectivity index (χ2n) is 3.58. The van der Waals surface area contributed by atoms with Crippen molar-refractivity contribution in [2.45, 2.75) is 19.0 Å². The van der Waals surface area contributed by atoms with E-state index in [2.05, 4.69) is 4.74 Å². The molecule has 0 N–H and O–H groups in total. The van der Waals surface area contributed by atoms with Gasteiger partial charge < -0.3 is 4.74 Å². The molecular weight excluding hydrogens is 257 g/mol. The number of hydrogen-bond donors (Lipinski definition) is 0. The fourth-order valence-electron chi connectivity index (χ4n) is 1.13. The van der Waals surface area contributed by atoms with Crippen LogP contribution in [0.1, 0.15) is 11.1 Å². The molecule has 0 aliphatic rings. The van der Waals surface area contributed by atoms with Crippen LogP contribution in [0.25, 0.3) is 0 Å². The summed E-state index contributed by atoms with van der Waals surface area (Å²) in [5.41, 5.74) is 0.578. The zero-order chi connectivity index (χ0) is 14.0. The van der Waals surface area contributed by atoms with Crippen LogP contribution in [0.4, 0.5) is 22.0 Å². The molecule has 0 radical (unpaired) electrons. The summed E-state index contributed by atoms with van der Waals surface area (Å²) in [5.74, 6) is -5.02. The summed E-state index contributed by atoms with van der Waals surface area (Å²) in [7, 11) is 0. The summed E-state index contributed by atoms with van der Waals surface area (Å²) in [6.07, 6.45) is -5.65. The number of halogens is 5. The van der Waals surface area contributed by atoms with Crippen LogP contribution in [0, 0.1) is 18.3 Å². The van der Waals surface area contributed by atoms with Gasteiger partial charge in [-0.05, 0) is 30.7 Å². The minimum Gasteiger partial charge on any atom is -0.487 e. The summed E-state index contributed by atoms with van der Waals surface area (Å²) in [5, 5.41) is 8.56. The van der Waals surface area contributed by atoms with Crippen LogP contribution in [-0.2, 0) is 0 Å². The standard InChI is InChI=1S/C11H8F5NO/c1-7-4-8(5-17)2-3-9(7)18-6-10(12,13)11(14,15)16/h2-4H,6H2,1H3. The lowest BCUT2D eigenvalue weighted by molar-refractivity contribution is -0.290. The fourth-order valence-corrected chi connectivity index (χ4v) is 1.13. The van der Waals surface area contributed by atoms with Gasteiger partial charge in [0.05, 0.1) is 11.6 Å². The smallest absolute Gasteiger partial charge is 0.456 e. The van der Waals surface area contributed by atoms with Gasteiger partial charge in [0.1, 0.15) is 5.75 Å². The Morgan fingerprint density at radius 3 is 2.28 bits per heavy atom. The van der Waals surface area contributed by atoms with Crippen LogP contribution >= 0.6 is 0 Å². The minimum atomic E-state index is -5.65. The van der Waals surface area contributed by atoms with Gasteiger partial charge in [0.2, 0.25) is 0 Å². The third-order valence-corrected chi connectivity index (χ3v) is 2.13. The van der Waals surface area contributed by atoms with Gasteiger partial charge in [0.15, 0.2) is 6.61 Å². The molecule has 0 saturated carbocycles. The van der Waals surface area contributed by atoms with Crippen LogP contribution in [0.2, 0.25) is 0 Å². The summed E-state index contributed by atoms with van der Waals surface area (Å²) in [6, 6.07) is 5.60. The van der Waals surface area contributed by atoms with E-state index in [1.54, 1.807) is 0 Å². The highest BCUT2D eigenvalue weighted by Crippen LogP contribution is 2.36. The van der Waals surface area contributed by atoms with Crippen molar-refractivity contribution < 1.29 is 26.7 Å². The first-order valence-electron chi connectivity index (χ1n) is 4.75. The third-order valence-electron chi connectivity index (χ3n) is 2.13. The average Bonchev–Trinajstić information content (AvgIpc) is 2.25. The van der Waals surface area contributed by atoms with E-state index in [1.807, 2.05) is 6.07 Å². The van der Waals surface area contributed by atoms with Crippen molar-refractivity contribution in [2.24, 2.45) is 0 Å². The topological polar surface area (TPSA) is 33.0 Å². The molecule has 0 aliphatic carbocycles. The number of benzene rings is 1. The lowest BCUT2D eigenvalue weighted by atomic mass is 10.1. The molecule has 0 aliphatic heterocycles. The normalized spacial score (nSPS) is 12.1. The van der Waals surface area contributed by atoms with E-state index >= 15 is 0 Å². The Kier molecular flexibility index (Phi) is 3.79. The highest BCUT2D eigenvalue weighted by Gasteiger charge is 2.58. The maximum atomic E-state index is 12.6. The number of nitriles is 1. The van der Waals surface area contributed by atoms with Crippen molar-refractivity contribution in [3.63, 3.8) is 0 Å². The van der Waals surface area contributed by atoms with E-state index in [0.29, 0.717) is 5.56 Å². The van der Waals surface area contributed by atoms with Crippen LogP contribution < -0.4 is 4.74 Å². The van der Waals surface area contributed by atoms with Gasteiger partial charge in [0, 0.05) is 0 Å². The lowest BCUT2D eigenvalue weighted by Crippen LogP contribution is -2.41. The molecule has 0 saturated heterocycles. The molecule has 98 valence electrons. The molecule has 0 bridgehead atoms. The highest BCUT2D eigenvalue weighted by atomic mass is 19.4. The molecule has 1 aromatic rings. The first-order chi connectivity index (χ1) is 8.17. The number of rotatable bonds is 3. The van der Waals surface area contributed by atoms with Crippen molar-refractivity contribution in [1.82, 2.24) is 0 Å². The monoisotopic (exact) mass is 265 g/mol. The Bertz CT molecular complexity index is 475. The second kappa shape index (κ2) is 4.80. The van der Waals surface area contributed by atoms with Crippen LogP contribution in [0.3, 0.4) is 0 Å². The minimum absolute atomic E-state index is 0.113. The second-order valence-corrected chi connectivity index (χ2v) is 3.58. The lowest BCUT2D eigenvalue weighted by Gasteiger charge is -2.20. The van der Waals surface area contributed by atoms with Gasteiger partial charge in [0.25, 0.3) is 0 Å². The quantitative estimate of drug-likeness (QED) is 0.784. The van der Waals surface area contributed by atoms with Crippen molar-refractivity contribution in [3.05, 3.63) is 29.3 Å². The Morgan fingerprint density at radius 1 is 1.22 bits per heavy atom. The summed E-state index contributed by atoms with van der Waals surface area (Å²) in [4.78, 5) is 0. The van der Waals surface area contributed by atoms with Crippen LogP contribution in [0.5, 0.6) is 5.75 Å².